The van der Waals surface area contributed by atoms with Gasteiger partial charge in [-0.15, -0.1) is 0 Å². The van der Waals surface area contributed by atoms with Crippen molar-refractivity contribution in [3.63, 3.8) is 0 Å². The third-order valence-corrected chi connectivity index (χ3v) is 8.92. The molecule has 0 saturated heterocycles. The molecule has 226 valence electrons. The molecular weight excluding hydrogens is 524 g/mol. The standard InChI is InChI=1S/C36H48N2O4/c1-5-9-13-25(31(39)11-6-2)17-23-14-10-15-24-18-26(19-28(23)24)29-21-33(41)36(42)35-34(29)27(22-38-35)20-30(37-16-8-4)32(40)12-7-3/h10,14-15,19,21,25,27,30,37-38H,5-9,11-13,16-18,20,22H2,1-4H3. The summed E-state index contributed by atoms with van der Waals surface area (Å²) in [7, 11) is 0. The van der Waals surface area contributed by atoms with E-state index >= 15 is 0 Å². The number of unbranched alkanes of at least 4 members (excludes halogenated alkanes) is 1. The highest BCUT2D eigenvalue weighted by molar-refractivity contribution is 6.48. The topological polar surface area (TPSA) is 92.3 Å². The van der Waals surface area contributed by atoms with Crippen molar-refractivity contribution in [1.29, 1.82) is 0 Å². The van der Waals surface area contributed by atoms with Gasteiger partial charge < -0.3 is 10.6 Å². The second-order valence-electron chi connectivity index (χ2n) is 12.2. The van der Waals surface area contributed by atoms with Gasteiger partial charge in [-0.3, -0.25) is 19.2 Å². The zero-order valence-electron chi connectivity index (χ0n) is 25.9. The lowest BCUT2D eigenvalue weighted by atomic mass is 9.80. The fraction of sp³-hybridized carbons (Fsp3) is 0.556. The van der Waals surface area contributed by atoms with Crippen molar-refractivity contribution in [2.24, 2.45) is 11.8 Å². The molecule has 0 radical (unpaired) electrons. The Labute approximate surface area is 251 Å². The minimum atomic E-state index is -0.499. The predicted octanol–water partition coefficient (Wildman–Crippen LogP) is 6.02. The van der Waals surface area contributed by atoms with Crippen LogP contribution in [-0.2, 0) is 32.0 Å². The van der Waals surface area contributed by atoms with Crippen molar-refractivity contribution in [2.75, 3.05) is 13.1 Å². The lowest BCUT2D eigenvalue weighted by molar-refractivity contribution is -0.131. The third kappa shape index (κ3) is 7.08. The molecule has 2 aliphatic carbocycles. The number of allylic oxidation sites excluding steroid dienone is 4. The summed E-state index contributed by atoms with van der Waals surface area (Å²) in [6.07, 6.45) is 12.5. The molecule has 1 aromatic rings. The number of carbonyl (C=O) groups excluding carboxylic acids is 4. The summed E-state index contributed by atoms with van der Waals surface area (Å²) in [6, 6.07) is 6.05. The van der Waals surface area contributed by atoms with E-state index in [-0.39, 0.29) is 23.7 Å². The quantitative estimate of drug-likeness (QED) is 0.175. The Morgan fingerprint density at radius 1 is 0.976 bits per heavy atom. The van der Waals surface area contributed by atoms with E-state index in [0.717, 1.165) is 73.8 Å². The van der Waals surface area contributed by atoms with E-state index in [4.69, 9.17) is 0 Å². The minimum absolute atomic E-state index is 0.0212. The Hall–Kier alpha value is -3.12. The van der Waals surface area contributed by atoms with Gasteiger partial charge in [-0.25, -0.2) is 0 Å². The molecule has 1 aromatic carbocycles. The van der Waals surface area contributed by atoms with Crippen LogP contribution in [0.5, 0.6) is 0 Å². The molecule has 3 aliphatic rings. The third-order valence-electron chi connectivity index (χ3n) is 8.92. The summed E-state index contributed by atoms with van der Waals surface area (Å²) in [6.45, 7) is 9.62. The van der Waals surface area contributed by atoms with Crippen LogP contribution in [0.2, 0.25) is 0 Å². The smallest absolute Gasteiger partial charge is 0.248 e. The molecular formula is C36H48N2O4. The monoisotopic (exact) mass is 572 g/mol. The molecule has 42 heavy (non-hydrogen) atoms. The summed E-state index contributed by atoms with van der Waals surface area (Å²) in [5, 5.41) is 6.68. The van der Waals surface area contributed by atoms with Crippen molar-refractivity contribution in [3.8, 4) is 0 Å². The summed E-state index contributed by atoms with van der Waals surface area (Å²) < 4.78 is 0. The van der Waals surface area contributed by atoms with Gasteiger partial charge >= 0.3 is 0 Å². The van der Waals surface area contributed by atoms with Gasteiger partial charge in [0.2, 0.25) is 11.6 Å². The maximum Gasteiger partial charge on any atom is 0.248 e. The molecule has 3 unspecified atom stereocenters. The fourth-order valence-electron chi connectivity index (χ4n) is 6.73. The zero-order valence-corrected chi connectivity index (χ0v) is 25.9. The largest absolute Gasteiger partial charge is 0.381 e. The fourth-order valence-corrected chi connectivity index (χ4v) is 6.73. The Morgan fingerprint density at radius 2 is 1.74 bits per heavy atom. The van der Waals surface area contributed by atoms with Crippen LogP contribution in [0.4, 0.5) is 0 Å². The minimum Gasteiger partial charge on any atom is -0.381 e. The molecule has 0 saturated carbocycles. The highest BCUT2D eigenvalue weighted by Gasteiger charge is 2.40. The first-order chi connectivity index (χ1) is 20.3. The highest BCUT2D eigenvalue weighted by Crippen LogP contribution is 2.42. The van der Waals surface area contributed by atoms with Gasteiger partial charge in [-0.2, -0.15) is 0 Å². The summed E-state index contributed by atoms with van der Waals surface area (Å²) >= 11 is 0. The van der Waals surface area contributed by atoms with Crippen molar-refractivity contribution in [1.82, 2.24) is 10.6 Å². The lowest BCUT2D eigenvalue weighted by Gasteiger charge is -2.25. The Balaban J connectivity index is 1.64. The number of carbonyl (C=O) groups is 4. The number of nitrogens with one attached hydrogen (secondary N) is 2. The lowest BCUT2D eigenvalue weighted by Crippen LogP contribution is -2.39. The van der Waals surface area contributed by atoms with Gasteiger partial charge in [-0.1, -0.05) is 64.8 Å². The predicted molar refractivity (Wildman–Crippen MR) is 168 cm³/mol. The average molecular weight is 573 g/mol. The number of hydrogen-bond donors (Lipinski definition) is 2. The summed E-state index contributed by atoms with van der Waals surface area (Å²) in [4.78, 5) is 51.8. The maximum absolute atomic E-state index is 13.0. The number of rotatable bonds is 17. The Kier molecular flexibility index (Phi) is 11.3. The first-order valence-electron chi connectivity index (χ1n) is 16.2. The number of ketones is 4. The van der Waals surface area contributed by atoms with Gasteiger partial charge in [0.25, 0.3) is 0 Å². The highest BCUT2D eigenvalue weighted by atomic mass is 16.2. The van der Waals surface area contributed by atoms with Crippen LogP contribution >= 0.6 is 0 Å². The molecule has 0 amide bonds. The number of hydrogen-bond acceptors (Lipinski definition) is 6. The average Bonchev–Trinajstić information content (AvgIpc) is 3.60. The summed E-state index contributed by atoms with van der Waals surface area (Å²) in [5.41, 5.74) is 6.66. The molecule has 0 bridgehead atoms. The number of Topliss-reactive ketones (excluding diaryl/α,β-unsaturated/α-hetero) is 3. The van der Waals surface area contributed by atoms with Crippen molar-refractivity contribution in [3.05, 3.63) is 63.4 Å². The van der Waals surface area contributed by atoms with Crippen LogP contribution < -0.4 is 10.6 Å². The van der Waals surface area contributed by atoms with E-state index < -0.39 is 11.6 Å². The van der Waals surface area contributed by atoms with E-state index in [1.54, 1.807) is 0 Å². The Morgan fingerprint density at radius 3 is 2.45 bits per heavy atom. The molecule has 1 heterocycles. The van der Waals surface area contributed by atoms with Gasteiger partial charge in [-0.05, 0) is 91.0 Å². The molecule has 1 aliphatic heterocycles. The van der Waals surface area contributed by atoms with E-state index in [0.29, 0.717) is 43.7 Å². The maximum atomic E-state index is 13.0. The van der Waals surface area contributed by atoms with Gasteiger partial charge in [0, 0.05) is 31.2 Å². The van der Waals surface area contributed by atoms with Crippen molar-refractivity contribution < 1.29 is 19.2 Å². The van der Waals surface area contributed by atoms with Crippen LogP contribution in [0.1, 0.15) is 102 Å². The molecule has 6 heteroatoms. The van der Waals surface area contributed by atoms with Crippen molar-refractivity contribution >= 4 is 29.2 Å². The van der Waals surface area contributed by atoms with Crippen LogP contribution in [0, 0.1) is 11.8 Å². The van der Waals surface area contributed by atoms with Crippen LogP contribution in [0.3, 0.4) is 0 Å². The van der Waals surface area contributed by atoms with E-state index in [9.17, 15) is 19.2 Å². The van der Waals surface area contributed by atoms with Crippen LogP contribution in [-0.4, -0.2) is 42.3 Å². The number of fused-ring (bicyclic) bond motifs is 1. The molecule has 4 rings (SSSR count). The SMILES string of the molecule is CCCCC(Cc1cccc2c1C=C(C1=CC(=O)C(=O)C3=C1C(CC(NCCC)C(=O)CCC)CN3)C2)C(=O)CCC. The zero-order chi connectivity index (χ0) is 30.2. The molecule has 6 nitrogen and oxygen atoms in total. The second kappa shape index (κ2) is 14.9. The molecule has 0 aromatic heterocycles. The van der Waals surface area contributed by atoms with Gasteiger partial charge in [0.05, 0.1) is 11.7 Å². The van der Waals surface area contributed by atoms with Gasteiger partial charge in [0.15, 0.2) is 0 Å². The van der Waals surface area contributed by atoms with E-state index in [2.05, 4.69) is 55.7 Å². The van der Waals surface area contributed by atoms with Crippen LogP contribution in [0.15, 0.2) is 46.7 Å². The molecule has 3 atom stereocenters. The first-order valence-corrected chi connectivity index (χ1v) is 16.2. The molecule has 0 spiro atoms. The molecule has 2 N–H and O–H groups in total. The van der Waals surface area contributed by atoms with Crippen LogP contribution in [0.25, 0.3) is 6.08 Å². The first kappa shape index (κ1) is 31.8. The molecule has 0 fully saturated rings. The normalized spacial score (nSPS) is 19.2. The second-order valence-corrected chi connectivity index (χ2v) is 12.2. The van der Waals surface area contributed by atoms with Gasteiger partial charge in [0.1, 0.15) is 11.6 Å². The van der Waals surface area contributed by atoms with E-state index in [1.807, 2.05) is 6.92 Å². The summed E-state index contributed by atoms with van der Waals surface area (Å²) in [5.74, 6) is -0.458. The van der Waals surface area contributed by atoms with Crippen molar-refractivity contribution in [2.45, 2.75) is 104 Å². The number of benzene rings is 1. The van der Waals surface area contributed by atoms with E-state index in [1.165, 1.54) is 17.2 Å². The Bertz CT molecular complexity index is 1300.